The number of aliphatic hydroxyl groups is 1. The van der Waals surface area contributed by atoms with Crippen LogP contribution in [-0.4, -0.2) is 66.0 Å². The third-order valence-corrected chi connectivity index (χ3v) is 6.88. The predicted molar refractivity (Wildman–Crippen MR) is 150 cm³/mol. The predicted octanol–water partition coefficient (Wildman–Crippen LogP) is 5.81. The second kappa shape index (κ2) is 14.6. The molecule has 0 bridgehead atoms. The summed E-state index contributed by atoms with van der Waals surface area (Å²) < 4.78 is 11.6. The summed E-state index contributed by atoms with van der Waals surface area (Å²) in [6.45, 7) is 12.2. The number of likely N-dealkylation sites (N-methyl/N-ethyl adjacent to an activating group) is 1. The van der Waals surface area contributed by atoms with Gasteiger partial charge in [0.25, 0.3) is 11.7 Å². The largest absolute Gasteiger partial charge is 0.507 e. The number of carbonyl (C=O) groups excluding carboxylic acids is 2. The van der Waals surface area contributed by atoms with Crippen LogP contribution >= 0.6 is 0 Å². The lowest BCUT2D eigenvalue weighted by Gasteiger charge is -2.28. The van der Waals surface area contributed by atoms with Gasteiger partial charge >= 0.3 is 0 Å². The molecule has 0 aromatic heterocycles. The number of carbonyl (C=O) groups is 2. The topological polar surface area (TPSA) is 79.3 Å². The van der Waals surface area contributed by atoms with Gasteiger partial charge in [0.15, 0.2) is 0 Å². The molecular weight excluding hydrogens is 480 g/mol. The van der Waals surface area contributed by atoms with Gasteiger partial charge in [0.2, 0.25) is 0 Å². The second-order valence-corrected chi connectivity index (χ2v) is 9.52. The summed E-state index contributed by atoms with van der Waals surface area (Å²) in [5.74, 6) is -0.118. The van der Waals surface area contributed by atoms with Gasteiger partial charge in [0, 0.05) is 18.7 Å². The molecule has 1 N–H and O–H groups in total. The molecule has 1 aliphatic heterocycles. The van der Waals surface area contributed by atoms with Gasteiger partial charge in [-0.2, -0.15) is 0 Å². The lowest BCUT2D eigenvalue weighted by molar-refractivity contribution is -0.140. The number of likely N-dealkylation sites (tertiary alicyclic amines) is 1. The molecule has 1 aliphatic rings. The van der Waals surface area contributed by atoms with E-state index in [9.17, 15) is 14.7 Å². The lowest BCUT2D eigenvalue weighted by atomic mass is 9.95. The van der Waals surface area contributed by atoms with Crippen LogP contribution in [0.15, 0.2) is 54.1 Å². The zero-order valence-corrected chi connectivity index (χ0v) is 23.2. The number of ketones is 1. The van der Waals surface area contributed by atoms with Crippen molar-refractivity contribution in [2.45, 2.75) is 59.4 Å². The van der Waals surface area contributed by atoms with E-state index in [4.69, 9.17) is 9.47 Å². The zero-order chi connectivity index (χ0) is 27.5. The molecule has 206 valence electrons. The fourth-order valence-corrected chi connectivity index (χ4v) is 4.64. The first kappa shape index (κ1) is 29.2. The van der Waals surface area contributed by atoms with Crippen LogP contribution in [0.25, 0.3) is 5.76 Å². The number of nitrogens with zero attached hydrogens (tertiary/aromatic N) is 2. The SMILES string of the molecule is CCCCCOc1ccc(C2/C(=C(\O)c3cccc(OCCC)c3)C(=O)C(=O)N2CCN(CC)CC)cc1. The molecule has 1 fully saturated rings. The van der Waals surface area contributed by atoms with Gasteiger partial charge in [0.05, 0.1) is 24.8 Å². The normalized spacial score (nSPS) is 16.9. The van der Waals surface area contributed by atoms with Gasteiger partial charge in [-0.3, -0.25) is 9.59 Å². The van der Waals surface area contributed by atoms with Crippen molar-refractivity contribution >= 4 is 17.4 Å². The van der Waals surface area contributed by atoms with Crippen LogP contribution in [0.1, 0.15) is 70.5 Å². The minimum absolute atomic E-state index is 0.0961. The van der Waals surface area contributed by atoms with E-state index in [-0.39, 0.29) is 11.3 Å². The van der Waals surface area contributed by atoms with E-state index in [0.717, 1.165) is 50.1 Å². The first-order chi connectivity index (χ1) is 18.4. The van der Waals surface area contributed by atoms with E-state index in [1.807, 2.05) is 37.3 Å². The molecule has 1 saturated heterocycles. The molecule has 38 heavy (non-hydrogen) atoms. The Morgan fingerprint density at radius 2 is 1.61 bits per heavy atom. The first-order valence-corrected chi connectivity index (χ1v) is 13.9. The molecule has 0 aliphatic carbocycles. The van der Waals surface area contributed by atoms with Crippen molar-refractivity contribution in [1.29, 1.82) is 0 Å². The van der Waals surface area contributed by atoms with E-state index < -0.39 is 17.7 Å². The third-order valence-electron chi connectivity index (χ3n) is 6.88. The summed E-state index contributed by atoms with van der Waals surface area (Å²) in [6, 6.07) is 13.8. The van der Waals surface area contributed by atoms with Gasteiger partial charge in [-0.05, 0) is 55.8 Å². The molecule has 2 aromatic carbocycles. The number of hydrogen-bond acceptors (Lipinski definition) is 6. The van der Waals surface area contributed by atoms with Crippen LogP contribution in [-0.2, 0) is 9.59 Å². The van der Waals surface area contributed by atoms with Crippen LogP contribution < -0.4 is 9.47 Å². The summed E-state index contributed by atoms with van der Waals surface area (Å²) in [7, 11) is 0. The monoisotopic (exact) mass is 522 g/mol. The van der Waals surface area contributed by atoms with Crippen molar-refractivity contribution in [2.75, 3.05) is 39.4 Å². The Morgan fingerprint density at radius 1 is 0.895 bits per heavy atom. The van der Waals surface area contributed by atoms with Crippen molar-refractivity contribution < 1.29 is 24.2 Å². The molecule has 0 radical (unpaired) electrons. The maximum atomic E-state index is 13.3. The van der Waals surface area contributed by atoms with E-state index in [1.54, 1.807) is 23.1 Å². The van der Waals surface area contributed by atoms with Crippen molar-refractivity contribution in [3.8, 4) is 11.5 Å². The van der Waals surface area contributed by atoms with Crippen LogP contribution in [0.2, 0.25) is 0 Å². The smallest absolute Gasteiger partial charge is 0.295 e. The highest BCUT2D eigenvalue weighted by atomic mass is 16.5. The average Bonchev–Trinajstić information content (AvgIpc) is 3.20. The quantitative estimate of drug-likeness (QED) is 0.138. The van der Waals surface area contributed by atoms with Gasteiger partial charge in [-0.25, -0.2) is 0 Å². The summed E-state index contributed by atoms with van der Waals surface area (Å²) in [6.07, 6.45) is 4.09. The number of hydrogen-bond donors (Lipinski definition) is 1. The average molecular weight is 523 g/mol. The third kappa shape index (κ3) is 7.16. The molecular formula is C31H42N2O5. The maximum absolute atomic E-state index is 13.3. The van der Waals surface area contributed by atoms with Crippen LogP contribution in [0.3, 0.4) is 0 Å². The number of aliphatic hydroxyl groups excluding tert-OH is 1. The van der Waals surface area contributed by atoms with E-state index in [0.29, 0.717) is 37.6 Å². The second-order valence-electron chi connectivity index (χ2n) is 9.52. The molecule has 7 nitrogen and oxygen atoms in total. The Hall–Kier alpha value is -3.32. The number of rotatable bonds is 15. The highest BCUT2D eigenvalue weighted by Crippen LogP contribution is 2.40. The molecule has 2 aromatic rings. The standard InChI is InChI=1S/C31H42N2O5/c1-5-9-10-21-38-25-16-14-23(15-17-25)28-27(29(34)24-12-11-13-26(22-24)37-20-6-2)30(35)31(36)33(28)19-18-32(7-3)8-4/h11-17,22,28,34H,5-10,18-21H2,1-4H3/b29-27+. The zero-order valence-electron chi connectivity index (χ0n) is 23.2. The molecule has 3 rings (SSSR count). The Kier molecular flexibility index (Phi) is 11.2. The fourth-order valence-electron chi connectivity index (χ4n) is 4.64. The summed E-state index contributed by atoms with van der Waals surface area (Å²) in [5, 5.41) is 11.4. The first-order valence-electron chi connectivity index (χ1n) is 13.9. The van der Waals surface area contributed by atoms with Crippen molar-refractivity contribution in [2.24, 2.45) is 0 Å². The van der Waals surface area contributed by atoms with Crippen LogP contribution in [0, 0.1) is 0 Å². The van der Waals surface area contributed by atoms with Gasteiger partial charge in [0.1, 0.15) is 17.3 Å². The van der Waals surface area contributed by atoms with E-state index >= 15 is 0 Å². The highest BCUT2D eigenvalue weighted by Gasteiger charge is 2.46. The number of ether oxygens (including phenoxy) is 2. The van der Waals surface area contributed by atoms with Crippen molar-refractivity contribution in [1.82, 2.24) is 9.80 Å². The van der Waals surface area contributed by atoms with E-state index in [1.165, 1.54) is 0 Å². The molecule has 1 heterocycles. The molecule has 0 spiro atoms. The van der Waals surface area contributed by atoms with Gasteiger partial charge in [-0.1, -0.05) is 64.8 Å². The Morgan fingerprint density at radius 3 is 2.26 bits per heavy atom. The Bertz CT molecular complexity index is 1090. The van der Waals surface area contributed by atoms with Crippen molar-refractivity contribution in [3.05, 3.63) is 65.2 Å². The fraction of sp³-hybridized carbons (Fsp3) is 0.484. The number of amides is 1. The van der Waals surface area contributed by atoms with Crippen LogP contribution in [0.4, 0.5) is 0 Å². The molecule has 7 heteroatoms. The summed E-state index contributed by atoms with van der Waals surface area (Å²) in [4.78, 5) is 30.4. The Balaban J connectivity index is 1.99. The number of Topliss-reactive ketones (excluding diaryl/α,β-unsaturated/α-hetero) is 1. The molecule has 1 atom stereocenters. The van der Waals surface area contributed by atoms with Crippen molar-refractivity contribution in [3.63, 3.8) is 0 Å². The molecule has 1 unspecified atom stereocenters. The summed E-state index contributed by atoms with van der Waals surface area (Å²) >= 11 is 0. The minimum atomic E-state index is -0.695. The molecule has 0 saturated carbocycles. The van der Waals surface area contributed by atoms with Gasteiger partial charge < -0.3 is 24.4 Å². The van der Waals surface area contributed by atoms with Gasteiger partial charge in [-0.15, -0.1) is 0 Å². The maximum Gasteiger partial charge on any atom is 0.295 e. The molecule has 1 amide bonds. The van der Waals surface area contributed by atoms with E-state index in [2.05, 4.69) is 25.7 Å². The minimum Gasteiger partial charge on any atom is -0.507 e. The number of benzene rings is 2. The highest BCUT2D eigenvalue weighted by molar-refractivity contribution is 6.46. The Labute approximate surface area is 227 Å². The summed E-state index contributed by atoms with van der Waals surface area (Å²) in [5.41, 5.74) is 1.30. The lowest BCUT2D eigenvalue weighted by Crippen LogP contribution is -2.38. The number of unbranched alkanes of at least 4 members (excludes halogenated alkanes) is 2. The van der Waals surface area contributed by atoms with Crippen LogP contribution in [0.5, 0.6) is 11.5 Å².